The Hall–Kier alpha value is -0.0700. The van der Waals surface area contributed by atoms with Crippen molar-refractivity contribution in [3.63, 3.8) is 0 Å². The number of aromatic hydroxyl groups is 1. The van der Waals surface area contributed by atoms with Gasteiger partial charge in [-0.2, -0.15) is 0 Å². The summed E-state index contributed by atoms with van der Waals surface area (Å²) in [6, 6.07) is 4.71. The lowest BCUT2D eigenvalue weighted by molar-refractivity contribution is 0.147. The maximum absolute atomic E-state index is 13.3. The molecule has 1 saturated heterocycles. The molecule has 1 heterocycles. The van der Waals surface area contributed by atoms with Crippen molar-refractivity contribution in [3.05, 3.63) is 28.2 Å². The van der Waals surface area contributed by atoms with E-state index >= 15 is 0 Å². The normalized spacial score (nSPS) is 17.2. The van der Waals surface area contributed by atoms with Crippen molar-refractivity contribution in [3.8, 4) is 5.75 Å². The van der Waals surface area contributed by atoms with E-state index in [1.807, 2.05) is 0 Å². The number of piperazine rings is 1. The van der Waals surface area contributed by atoms with E-state index in [1.54, 1.807) is 18.2 Å². The molecule has 0 spiro atoms. The largest absolute Gasteiger partial charge is 0.508 e. The quantitative estimate of drug-likeness (QED) is 0.852. The summed E-state index contributed by atoms with van der Waals surface area (Å²) >= 11 is 3.42. The first-order chi connectivity index (χ1) is 8.22. The maximum atomic E-state index is 13.3. The molecule has 0 aliphatic carbocycles. The molecule has 110 valence electrons. The van der Waals surface area contributed by atoms with Crippen molar-refractivity contribution in [2.45, 2.75) is 6.04 Å². The third-order valence-electron chi connectivity index (χ3n) is 3.08. The van der Waals surface area contributed by atoms with Gasteiger partial charge in [-0.3, -0.25) is 4.90 Å². The Morgan fingerprint density at radius 2 is 1.95 bits per heavy atom. The van der Waals surface area contributed by atoms with Gasteiger partial charge in [0.2, 0.25) is 0 Å². The van der Waals surface area contributed by atoms with Gasteiger partial charge < -0.3 is 10.4 Å². The van der Waals surface area contributed by atoms with E-state index in [0.29, 0.717) is 0 Å². The molecule has 1 aromatic carbocycles. The number of hydrogen-bond acceptors (Lipinski definition) is 3. The van der Waals surface area contributed by atoms with Crippen molar-refractivity contribution >= 4 is 40.7 Å². The van der Waals surface area contributed by atoms with E-state index in [4.69, 9.17) is 0 Å². The minimum atomic E-state index is -0.442. The first-order valence-corrected chi connectivity index (χ1v) is 6.51. The number of alkyl halides is 1. The van der Waals surface area contributed by atoms with Crippen LogP contribution >= 0.6 is 40.7 Å². The van der Waals surface area contributed by atoms with Gasteiger partial charge in [0.1, 0.15) is 12.4 Å². The van der Waals surface area contributed by atoms with Gasteiger partial charge in [-0.1, -0.05) is 15.9 Å². The SMILES string of the molecule is Cl.Cl.Oc1ccc(Br)c([C@H](CF)N2CCNCC2)c1. The van der Waals surface area contributed by atoms with E-state index in [2.05, 4.69) is 26.1 Å². The number of phenols is 1. The second-order valence-electron chi connectivity index (χ2n) is 4.16. The zero-order chi connectivity index (χ0) is 12.3. The summed E-state index contributed by atoms with van der Waals surface area (Å²) in [5.41, 5.74) is 0.814. The first kappa shape index (κ1) is 18.9. The molecule has 0 radical (unpaired) electrons. The van der Waals surface area contributed by atoms with Crippen molar-refractivity contribution in [2.24, 2.45) is 0 Å². The third-order valence-corrected chi connectivity index (χ3v) is 3.80. The number of hydrogen-bond donors (Lipinski definition) is 2. The Balaban J connectivity index is 0.00000162. The summed E-state index contributed by atoms with van der Waals surface area (Å²) in [5, 5.41) is 12.8. The van der Waals surface area contributed by atoms with Gasteiger partial charge in [-0.15, -0.1) is 24.8 Å². The molecule has 1 aliphatic heterocycles. The highest BCUT2D eigenvalue weighted by molar-refractivity contribution is 9.10. The fourth-order valence-corrected chi connectivity index (χ4v) is 2.67. The molecule has 2 N–H and O–H groups in total. The smallest absolute Gasteiger partial charge is 0.115 e. The van der Waals surface area contributed by atoms with Crippen LogP contribution in [-0.4, -0.2) is 42.9 Å². The molecular formula is C12H18BrCl2FN2O. The molecule has 0 amide bonds. The minimum absolute atomic E-state index is 0. The molecule has 7 heteroatoms. The first-order valence-electron chi connectivity index (χ1n) is 5.71. The molecule has 0 aromatic heterocycles. The van der Waals surface area contributed by atoms with Crippen molar-refractivity contribution < 1.29 is 9.50 Å². The van der Waals surface area contributed by atoms with Crippen LogP contribution in [0.25, 0.3) is 0 Å². The number of halogens is 4. The van der Waals surface area contributed by atoms with E-state index < -0.39 is 6.67 Å². The van der Waals surface area contributed by atoms with Crippen LogP contribution < -0.4 is 5.32 Å². The molecular weight excluding hydrogens is 358 g/mol. The van der Waals surface area contributed by atoms with Gasteiger partial charge in [0.15, 0.2) is 0 Å². The predicted octanol–water partition coefficient (Wildman–Crippen LogP) is 2.91. The molecule has 1 aliphatic rings. The lowest BCUT2D eigenvalue weighted by Gasteiger charge is -2.34. The van der Waals surface area contributed by atoms with Crippen LogP contribution in [0.3, 0.4) is 0 Å². The number of nitrogens with zero attached hydrogens (tertiary/aromatic N) is 1. The Bertz CT molecular complexity index is 392. The lowest BCUT2D eigenvalue weighted by Crippen LogP contribution is -2.45. The summed E-state index contributed by atoms with van der Waals surface area (Å²) < 4.78 is 14.1. The van der Waals surface area contributed by atoms with Crippen LogP contribution in [0.1, 0.15) is 11.6 Å². The molecule has 1 fully saturated rings. The molecule has 0 saturated carbocycles. The van der Waals surface area contributed by atoms with E-state index in [1.165, 1.54) is 0 Å². The van der Waals surface area contributed by atoms with Gasteiger partial charge in [0.25, 0.3) is 0 Å². The lowest BCUT2D eigenvalue weighted by atomic mass is 10.1. The zero-order valence-electron chi connectivity index (χ0n) is 10.3. The minimum Gasteiger partial charge on any atom is -0.508 e. The van der Waals surface area contributed by atoms with Crippen molar-refractivity contribution in [2.75, 3.05) is 32.9 Å². The monoisotopic (exact) mass is 374 g/mol. The molecule has 0 unspecified atom stereocenters. The van der Waals surface area contributed by atoms with Crippen LogP contribution in [0.2, 0.25) is 0 Å². The third kappa shape index (κ3) is 4.76. The van der Waals surface area contributed by atoms with Gasteiger partial charge in [0, 0.05) is 30.7 Å². The highest BCUT2D eigenvalue weighted by Crippen LogP contribution is 2.31. The number of rotatable bonds is 3. The summed E-state index contributed by atoms with van der Waals surface area (Å²) in [6.45, 7) is 2.98. The summed E-state index contributed by atoms with van der Waals surface area (Å²) in [5.74, 6) is 0.178. The van der Waals surface area contributed by atoms with Crippen molar-refractivity contribution in [1.82, 2.24) is 10.2 Å². The Morgan fingerprint density at radius 1 is 1.32 bits per heavy atom. The van der Waals surface area contributed by atoms with Gasteiger partial charge in [0.05, 0.1) is 6.04 Å². The van der Waals surface area contributed by atoms with E-state index in [0.717, 1.165) is 36.2 Å². The highest BCUT2D eigenvalue weighted by Gasteiger charge is 2.24. The Morgan fingerprint density at radius 3 is 2.53 bits per heavy atom. The molecule has 1 atom stereocenters. The van der Waals surface area contributed by atoms with Gasteiger partial charge in [-0.05, 0) is 23.8 Å². The maximum Gasteiger partial charge on any atom is 0.115 e. The second-order valence-corrected chi connectivity index (χ2v) is 5.02. The molecule has 2 rings (SSSR count). The average molecular weight is 376 g/mol. The Labute approximate surface area is 133 Å². The standard InChI is InChI=1S/C12H16BrFN2O.2ClH/c13-11-2-1-9(17)7-10(11)12(8-14)16-5-3-15-4-6-16;;/h1-2,7,12,15,17H,3-6,8H2;2*1H/t12-;;/m0../s1. The van der Waals surface area contributed by atoms with Crippen molar-refractivity contribution in [1.29, 1.82) is 0 Å². The topological polar surface area (TPSA) is 35.5 Å². The molecule has 3 nitrogen and oxygen atoms in total. The second kappa shape index (κ2) is 8.97. The molecule has 0 bridgehead atoms. The predicted molar refractivity (Wildman–Crippen MR) is 83.5 cm³/mol. The Kier molecular flexibility index (Phi) is 8.94. The van der Waals surface area contributed by atoms with Gasteiger partial charge >= 0.3 is 0 Å². The van der Waals surface area contributed by atoms with E-state index in [-0.39, 0.29) is 36.6 Å². The van der Waals surface area contributed by atoms with Crippen LogP contribution in [0.15, 0.2) is 22.7 Å². The van der Waals surface area contributed by atoms with Crippen LogP contribution in [0.5, 0.6) is 5.75 Å². The van der Waals surface area contributed by atoms with Crippen LogP contribution in [-0.2, 0) is 0 Å². The molecule has 19 heavy (non-hydrogen) atoms. The van der Waals surface area contributed by atoms with E-state index in [9.17, 15) is 9.50 Å². The molecule has 1 aromatic rings. The highest BCUT2D eigenvalue weighted by atomic mass is 79.9. The zero-order valence-corrected chi connectivity index (χ0v) is 13.5. The van der Waals surface area contributed by atoms with Crippen LogP contribution in [0, 0.1) is 0 Å². The average Bonchev–Trinajstić information content (AvgIpc) is 2.36. The van der Waals surface area contributed by atoms with Crippen LogP contribution in [0.4, 0.5) is 4.39 Å². The summed E-state index contributed by atoms with van der Waals surface area (Å²) in [7, 11) is 0. The fraction of sp³-hybridized carbons (Fsp3) is 0.500. The fourth-order valence-electron chi connectivity index (χ4n) is 2.16. The van der Waals surface area contributed by atoms with Gasteiger partial charge in [-0.25, -0.2) is 4.39 Å². The number of benzene rings is 1. The summed E-state index contributed by atoms with van der Waals surface area (Å²) in [4.78, 5) is 2.11. The number of phenolic OH excluding ortho intramolecular Hbond substituents is 1. The number of nitrogens with one attached hydrogen (secondary N) is 1. The summed E-state index contributed by atoms with van der Waals surface area (Å²) in [6.07, 6.45) is 0.